The van der Waals surface area contributed by atoms with Gasteiger partial charge < -0.3 is 21.1 Å². The van der Waals surface area contributed by atoms with E-state index in [1.165, 1.54) is 4.90 Å². The number of amides is 3. The lowest BCUT2D eigenvalue weighted by atomic mass is 10.1. The molecular weight excluding hydrogens is 326 g/mol. The maximum atomic E-state index is 12.6. The third kappa shape index (κ3) is 4.93. The quantitative estimate of drug-likeness (QED) is 0.412. The van der Waals surface area contributed by atoms with Crippen LogP contribution in [0.25, 0.3) is 0 Å². The molecule has 3 amide bonds. The van der Waals surface area contributed by atoms with Crippen molar-refractivity contribution < 1.29 is 19.5 Å². The Bertz CT molecular complexity index is 674. The minimum Gasteiger partial charge on any atom is -0.481 e. The maximum Gasteiger partial charge on any atom is 0.324 e. The Morgan fingerprint density at radius 1 is 1.24 bits per heavy atom. The number of nitrogen functional groups attached to an aromatic ring is 1. The third-order valence-corrected chi connectivity index (χ3v) is 3.80. The van der Waals surface area contributed by atoms with Gasteiger partial charge in [0.15, 0.2) is 0 Å². The van der Waals surface area contributed by atoms with Crippen LogP contribution >= 0.6 is 0 Å². The van der Waals surface area contributed by atoms with Crippen molar-refractivity contribution in [3.63, 3.8) is 0 Å². The Morgan fingerprint density at radius 2 is 1.92 bits per heavy atom. The summed E-state index contributed by atoms with van der Waals surface area (Å²) in [5.74, 6) is -1.42. The smallest absolute Gasteiger partial charge is 0.324 e. The van der Waals surface area contributed by atoms with Crippen LogP contribution in [0.4, 0.5) is 10.5 Å². The summed E-state index contributed by atoms with van der Waals surface area (Å²) in [6.07, 6.45) is 0.552. The van der Waals surface area contributed by atoms with E-state index in [0.717, 1.165) is 0 Å². The van der Waals surface area contributed by atoms with E-state index in [0.29, 0.717) is 30.8 Å². The van der Waals surface area contributed by atoms with Crippen LogP contribution in [-0.2, 0) is 9.59 Å². The number of urea groups is 1. The predicted octanol–water partition coefficient (Wildman–Crippen LogP) is 0.194. The molecular formula is C16H21N5O4. The average Bonchev–Trinajstić information content (AvgIpc) is 2.56. The summed E-state index contributed by atoms with van der Waals surface area (Å²) in [6.45, 7) is 0.926. The van der Waals surface area contributed by atoms with Gasteiger partial charge in [0.2, 0.25) is 5.91 Å². The van der Waals surface area contributed by atoms with E-state index in [1.54, 1.807) is 29.2 Å². The van der Waals surface area contributed by atoms with Crippen LogP contribution < -0.4 is 16.0 Å². The second-order valence-electron chi connectivity index (χ2n) is 5.66. The maximum absolute atomic E-state index is 12.6. The number of rotatable bonds is 7. The molecule has 5 N–H and O–H groups in total. The molecule has 1 aromatic carbocycles. The lowest BCUT2D eigenvalue weighted by molar-refractivity contribution is -0.136. The van der Waals surface area contributed by atoms with Crippen LogP contribution in [0.3, 0.4) is 0 Å². The third-order valence-electron chi connectivity index (χ3n) is 3.80. The number of hydrogen-bond acceptors (Lipinski definition) is 4. The van der Waals surface area contributed by atoms with E-state index in [9.17, 15) is 14.4 Å². The van der Waals surface area contributed by atoms with Gasteiger partial charge in [-0.1, -0.05) is 0 Å². The van der Waals surface area contributed by atoms with Gasteiger partial charge in [0.25, 0.3) is 0 Å². The molecule has 1 fully saturated rings. The molecule has 1 heterocycles. The van der Waals surface area contributed by atoms with Crippen LogP contribution in [0.1, 0.15) is 18.4 Å². The Balaban J connectivity index is 1.96. The number of anilines is 1. The first-order valence-electron chi connectivity index (χ1n) is 7.88. The summed E-state index contributed by atoms with van der Waals surface area (Å²) >= 11 is 0. The summed E-state index contributed by atoms with van der Waals surface area (Å²) in [5, 5.41) is 18.4. The highest BCUT2D eigenvalue weighted by atomic mass is 16.4. The topological polar surface area (TPSA) is 140 Å². The highest BCUT2D eigenvalue weighted by Crippen LogP contribution is 2.20. The Kier molecular flexibility index (Phi) is 5.93. The highest BCUT2D eigenvalue weighted by Gasteiger charge is 2.28. The molecule has 0 saturated carbocycles. The van der Waals surface area contributed by atoms with Gasteiger partial charge in [-0.05, 0) is 30.7 Å². The summed E-state index contributed by atoms with van der Waals surface area (Å²) < 4.78 is 0. The first kappa shape index (κ1) is 18.2. The molecule has 134 valence electrons. The molecule has 9 heteroatoms. The number of carbonyl (C=O) groups excluding carboxylic acids is 2. The average molecular weight is 347 g/mol. The van der Waals surface area contributed by atoms with E-state index in [-0.39, 0.29) is 37.3 Å². The van der Waals surface area contributed by atoms with Crippen LogP contribution in [0.5, 0.6) is 0 Å². The summed E-state index contributed by atoms with van der Waals surface area (Å²) in [5.41, 5.74) is 6.66. The van der Waals surface area contributed by atoms with Crippen molar-refractivity contribution in [3.05, 3.63) is 29.8 Å². The fourth-order valence-electron chi connectivity index (χ4n) is 2.53. The van der Waals surface area contributed by atoms with Crippen LogP contribution in [0.2, 0.25) is 0 Å². The number of hydrogen-bond donors (Lipinski definition) is 4. The van der Waals surface area contributed by atoms with E-state index in [4.69, 9.17) is 16.2 Å². The number of carboxylic acids is 1. The van der Waals surface area contributed by atoms with Crippen LogP contribution in [0, 0.1) is 5.41 Å². The molecule has 1 aromatic rings. The fourth-order valence-corrected chi connectivity index (χ4v) is 2.53. The molecule has 2 rings (SSSR count). The van der Waals surface area contributed by atoms with Gasteiger partial charge in [-0.3, -0.25) is 19.9 Å². The van der Waals surface area contributed by atoms with E-state index in [1.807, 2.05) is 0 Å². The second kappa shape index (κ2) is 8.13. The summed E-state index contributed by atoms with van der Waals surface area (Å²) in [4.78, 5) is 37.9. The molecule has 0 unspecified atom stereocenters. The van der Waals surface area contributed by atoms with Crippen molar-refractivity contribution in [3.8, 4) is 0 Å². The molecule has 1 saturated heterocycles. The van der Waals surface area contributed by atoms with Gasteiger partial charge in [0, 0.05) is 30.9 Å². The van der Waals surface area contributed by atoms with E-state index < -0.39 is 5.97 Å². The number of nitrogens with zero attached hydrogens (tertiary/aromatic N) is 2. The number of amidine groups is 1. The minimum atomic E-state index is -0.991. The largest absolute Gasteiger partial charge is 0.481 e. The van der Waals surface area contributed by atoms with Crippen molar-refractivity contribution in [2.75, 3.05) is 31.1 Å². The molecule has 0 radical (unpaired) electrons. The zero-order valence-corrected chi connectivity index (χ0v) is 13.7. The van der Waals surface area contributed by atoms with Gasteiger partial charge in [-0.25, -0.2) is 4.79 Å². The molecule has 0 atom stereocenters. The summed E-state index contributed by atoms with van der Waals surface area (Å²) in [6, 6.07) is 6.48. The molecule has 1 aliphatic rings. The Labute approximate surface area is 144 Å². The number of benzene rings is 1. The van der Waals surface area contributed by atoms with Crippen molar-refractivity contribution in [1.29, 1.82) is 5.41 Å². The lowest BCUT2D eigenvalue weighted by Crippen LogP contribution is -2.52. The van der Waals surface area contributed by atoms with Crippen molar-refractivity contribution in [1.82, 2.24) is 10.2 Å². The van der Waals surface area contributed by atoms with Crippen molar-refractivity contribution in [2.24, 2.45) is 5.73 Å². The highest BCUT2D eigenvalue weighted by molar-refractivity contribution is 5.97. The van der Waals surface area contributed by atoms with Gasteiger partial charge in [-0.2, -0.15) is 0 Å². The minimum absolute atomic E-state index is 0.0341. The van der Waals surface area contributed by atoms with Gasteiger partial charge in [0.1, 0.15) is 12.4 Å². The fraction of sp³-hybridized carbons (Fsp3) is 0.375. The van der Waals surface area contributed by atoms with Crippen molar-refractivity contribution >= 4 is 29.4 Å². The molecule has 0 bridgehead atoms. The molecule has 0 aromatic heterocycles. The van der Waals surface area contributed by atoms with Gasteiger partial charge in [0.05, 0.1) is 6.42 Å². The Morgan fingerprint density at radius 3 is 2.52 bits per heavy atom. The monoisotopic (exact) mass is 347 g/mol. The van der Waals surface area contributed by atoms with E-state index in [2.05, 4.69) is 5.32 Å². The molecule has 0 spiro atoms. The number of nitrogens with two attached hydrogens (primary N) is 1. The zero-order valence-electron chi connectivity index (χ0n) is 13.7. The van der Waals surface area contributed by atoms with Crippen molar-refractivity contribution in [2.45, 2.75) is 12.8 Å². The summed E-state index contributed by atoms with van der Waals surface area (Å²) in [7, 11) is 0. The van der Waals surface area contributed by atoms with E-state index >= 15 is 0 Å². The Hall–Kier alpha value is -3.10. The molecule has 25 heavy (non-hydrogen) atoms. The number of aliphatic carboxylic acids is 1. The standard InChI is InChI=1S/C16H21N5O4/c17-15(18)11-2-4-12(5-3-11)21-9-1-8-20(16(21)25)10-13(22)19-7-6-14(23)24/h2-5H,1,6-10H2,(H3,17,18)(H,19,22)(H,23,24). The number of nitrogens with one attached hydrogen (secondary N) is 2. The SMILES string of the molecule is N=C(N)c1ccc(N2CCCN(CC(=O)NCCC(=O)O)C2=O)cc1. The first-order chi connectivity index (χ1) is 11.9. The second-order valence-corrected chi connectivity index (χ2v) is 5.66. The zero-order chi connectivity index (χ0) is 18.4. The predicted molar refractivity (Wildman–Crippen MR) is 91.7 cm³/mol. The van der Waals surface area contributed by atoms with Crippen LogP contribution in [-0.4, -0.2) is 59.9 Å². The number of carbonyl (C=O) groups is 3. The van der Waals surface area contributed by atoms with Gasteiger partial charge >= 0.3 is 12.0 Å². The molecule has 9 nitrogen and oxygen atoms in total. The molecule has 1 aliphatic heterocycles. The first-order valence-corrected chi connectivity index (χ1v) is 7.88. The lowest BCUT2D eigenvalue weighted by Gasteiger charge is -2.35. The van der Waals surface area contributed by atoms with Crippen LogP contribution in [0.15, 0.2) is 24.3 Å². The number of carboxylic acid groups (broad SMARTS) is 1. The van der Waals surface area contributed by atoms with Gasteiger partial charge in [-0.15, -0.1) is 0 Å². The normalized spacial score (nSPS) is 14.3. The molecule has 0 aliphatic carbocycles.